The van der Waals surface area contributed by atoms with Crippen LogP contribution in [-0.2, 0) is 0 Å². The van der Waals surface area contributed by atoms with Gasteiger partial charge in [0, 0.05) is 42.3 Å². The van der Waals surface area contributed by atoms with Crippen molar-refractivity contribution in [2.75, 3.05) is 13.6 Å². The van der Waals surface area contributed by atoms with E-state index in [1.165, 1.54) is 23.5 Å². The van der Waals surface area contributed by atoms with Gasteiger partial charge in [-0.25, -0.2) is 24.3 Å². The Morgan fingerprint density at radius 2 is 1.90 bits per heavy atom. The van der Waals surface area contributed by atoms with Gasteiger partial charge in [0.15, 0.2) is 5.82 Å². The predicted molar refractivity (Wildman–Crippen MR) is 111 cm³/mol. The Balaban J connectivity index is 1.81. The molecule has 0 radical (unpaired) electrons. The summed E-state index contributed by atoms with van der Waals surface area (Å²) in [6.45, 7) is 4.35. The molecular formula is C21H18FN5OS. The van der Waals surface area contributed by atoms with Gasteiger partial charge in [-0.05, 0) is 38.1 Å². The Morgan fingerprint density at radius 1 is 1.14 bits per heavy atom. The first-order valence-electron chi connectivity index (χ1n) is 9.07. The normalized spacial score (nSPS) is 11.0. The predicted octanol–water partition coefficient (Wildman–Crippen LogP) is 4.35. The van der Waals surface area contributed by atoms with Crippen molar-refractivity contribution in [3.63, 3.8) is 0 Å². The van der Waals surface area contributed by atoms with Crippen LogP contribution in [0.2, 0.25) is 0 Å². The zero-order chi connectivity index (χ0) is 20.5. The van der Waals surface area contributed by atoms with Gasteiger partial charge in [-0.15, -0.1) is 11.3 Å². The molecule has 3 aromatic heterocycles. The van der Waals surface area contributed by atoms with E-state index in [4.69, 9.17) is 0 Å². The number of benzene rings is 1. The van der Waals surface area contributed by atoms with Crippen LogP contribution in [0, 0.1) is 12.7 Å². The van der Waals surface area contributed by atoms with Crippen molar-refractivity contribution in [3.8, 4) is 22.8 Å². The second-order valence-electron chi connectivity index (χ2n) is 6.58. The highest BCUT2D eigenvalue weighted by Crippen LogP contribution is 2.27. The number of aryl methyl sites for hydroxylation is 1. The third-order valence-corrected chi connectivity index (χ3v) is 5.39. The molecule has 0 N–H and O–H groups in total. The highest BCUT2D eigenvalue weighted by molar-refractivity contribution is 7.09. The number of aromatic nitrogens is 4. The third kappa shape index (κ3) is 3.71. The Labute approximate surface area is 171 Å². The molecule has 0 saturated heterocycles. The maximum absolute atomic E-state index is 13.8. The number of thiazole rings is 1. The van der Waals surface area contributed by atoms with Gasteiger partial charge in [0.1, 0.15) is 11.5 Å². The van der Waals surface area contributed by atoms with Crippen LogP contribution in [0.4, 0.5) is 4.39 Å². The van der Waals surface area contributed by atoms with Crippen molar-refractivity contribution in [3.05, 3.63) is 58.4 Å². The van der Waals surface area contributed by atoms with Crippen molar-refractivity contribution in [2.24, 2.45) is 0 Å². The number of carbonyl (C=O) groups is 1. The molecule has 4 rings (SSSR count). The van der Waals surface area contributed by atoms with E-state index in [0.717, 1.165) is 10.7 Å². The van der Waals surface area contributed by atoms with Crippen LogP contribution >= 0.6 is 11.3 Å². The average Bonchev–Trinajstić information content (AvgIpc) is 3.18. The highest BCUT2D eigenvalue weighted by Gasteiger charge is 2.18. The van der Waals surface area contributed by atoms with Crippen molar-refractivity contribution < 1.29 is 9.18 Å². The molecule has 0 aliphatic heterocycles. The van der Waals surface area contributed by atoms with Crippen LogP contribution in [0.25, 0.3) is 33.7 Å². The minimum atomic E-state index is -0.411. The fraction of sp³-hybridized carbons (Fsp3) is 0.190. The van der Waals surface area contributed by atoms with E-state index >= 15 is 0 Å². The number of carbonyl (C=O) groups excluding carboxylic acids is 1. The lowest BCUT2D eigenvalue weighted by Gasteiger charge is -2.17. The Bertz CT molecular complexity index is 1210. The Morgan fingerprint density at radius 3 is 2.55 bits per heavy atom. The maximum Gasteiger partial charge on any atom is 0.254 e. The molecule has 146 valence electrons. The van der Waals surface area contributed by atoms with E-state index in [1.807, 2.05) is 19.2 Å². The van der Waals surface area contributed by atoms with Crippen LogP contribution in [-0.4, -0.2) is 44.3 Å². The van der Waals surface area contributed by atoms with E-state index in [9.17, 15) is 9.18 Å². The van der Waals surface area contributed by atoms with Gasteiger partial charge < -0.3 is 4.90 Å². The number of halogens is 1. The molecule has 6 nitrogen and oxygen atoms in total. The first-order valence-corrected chi connectivity index (χ1v) is 9.95. The second-order valence-corrected chi connectivity index (χ2v) is 7.65. The van der Waals surface area contributed by atoms with Crippen LogP contribution in [0.5, 0.6) is 0 Å². The fourth-order valence-corrected chi connectivity index (χ4v) is 3.52. The molecule has 1 aromatic carbocycles. The van der Waals surface area contributed by atoms with Gasteiger partial charge in [0.05, 0.1) is 21.8 Å². The maximum atomic E-state index is 13.8. The minimum absolute atomic E-state index is 0.192. The van der Waals surface area contributed by atoms with Crippen LogP contribution in [0.15, 0.2) is 42.0 Å². The topological polar surface area (TPSA) is 71.9 Å². The van der Waals surface area contributed by atoms with Gasteiger partial charge in [-0.3, -0.25) is 4.79 Å². The van der Waals surface area contributed by atoms with Gasteiger partial charge in [-0.2, -0.15) is 0 Å². The molecule has 0 atom stereocenters. The number of fused-ring (bicyclic) bond motifs is 1. The molecule has 0 aliphatic carbocycles. The molecule has 0 saturated carbocycles. The quantitative estimate of drug-likeness (QED) is 0.503. The van der Waals surface area contributed by atoms with Crippen LogP contribution < -0.4 is 0 Å². The van der Waals surface area contributed by atoms with E-state index in [0.29, 0.717) is 40.1 Å². The Kier molecular flexibility index (Phi) is 5.02. The molecular weight excluding hydrogens is 389 g/mol. The molecule has 0 bridgehead atoms. The largest absolute Gasteiger partial charge is 0.342 e. The molecule has 0 spiro atoms. The van der Waals surface area contributed by atoms with E-state index in [-0.39, 0.29) is 5.91 Å². The zero-order valence-corrected chi connectivity index (χ0v) is 17.0. The molecule has 3 heterocycles. The smallest absolute Gasteiger partial charge is 0.254 e. The monoisotopic (exact) mass is 407 g/mol. The lowest BCUT2D eigenvalue weighted by Crippen LogP contribution is -2.26. The van der Waals surface area contributed by atoms with Crippen molar-refractivity contribution in [1.82, 2.24) is 24.8 Å². The summed E-state index contributed by atoms with van der Waals surface area (Å²) in [6.07, 6.45) is 3.32. The van der Waals surface area contributed by atoms with E-state index < -0.39 is 5.82 Å². The van der Waals surface area contributed by atoms with Gasteiger partial charge in [-0.1, -0.05) is 0 Å². The second kappa shape index (κ2) is 7.63. The molecule has 1 amide bonds. The highest BCUT2D eigenvalue weighted by atomic mass is 32.1. The first kappa shape index (κ1) is 19.1. The van der Waals surface area contributed by atoms with Crippen molar-refractivity contribution >= 4 is 28.1 Å². The summed E-state index contributed by atoms with van der Waals surface area (Å²) in [6, 6.07) is 5.92. The van der Waals surface area contributed by atoms with Crippen molar-refractivity contribution in [2.45, 2.75) is 13.8 Å². The Hall–Kier alpha value is -3.26. The fourth-order valence-electron chi connectivity index (χ4n) is 2.93. The summed E-state index contributed by atoms with van der Waals surface area (Å²) in [7, 11) is 1.71. The molecule has 8 heteroatoms. The lowest BCUT2D eigenvalue weighted by atomic mass is 10.0. The number of rotatable bonds is 4. The number of nitrogens with zero attached hydrogens (tertiary/aromatic N) is 5. The zero-order valence-electron chi connectivity index (χ0n) is 16.2. The molecule has 4 aromatic rings. The standard InChI is InChI=1S/C21H18FN5OS/c1-4-27(3)21(28)16-8-18(26-17-6-5-14(22)7-15(16)17)13-9-23-20(24-10-13)19-11-29-12(2)25-19/h5-11H,4H2,1-3H3. The van der Waals surface area contributed by atoms with Gasteiger partial charge in [0.2, 0.25) is 0 Å². The average molecular weight is 407 g/mol. The van der Waals surface area contributed by atoms with Crippen LogP contribution in [0.3, 0.4) is 0 Å². The van der Waals surface area contributed by atoms with Gasteiger partial charge in [0.25, 0.3) is 5.91 Å². The third-order valence-electron chi connectivity index (χ3n) is 4.62. The summed E-state index contributed by atoms with van der Waals surface area (Å²) in [5.74, 6) is -0.0725. The molecule has 0 aliphatic rings. The molecule has 0 unspecified atom stereocenters. The molecule has 29 heavy (non-hydrogen) atoms. The van der Waals surface area contributed by atoms with Crippen LogP contribution in [0.1, 0.15) is 22.3 Å². The van der Waals surface area contributed by atoms with Gasteiger partial charge >= 0.3 is 0 Å². The number of pyridine rings is 1. The summed E-state index contributed by atoms with van der Waals surface area (Å²) in [4.78, 5) is 32.2. The van der Waals surface area contributed by atoms with E-state index in [2.05, 4.69) is 19.9 Å². The summed E-state index contributed by atoms with van der Waals surface area (Å²) in [5, 5.41) is 3.33. The lowest BCUT2D eigenvalue weighted by molar-refractivity contribution is 0.0804. The van der Waals surface area contributed by atoms with Crippen molar-refractivity contribution in [1.29, 1.82) is 0 Å². The molecule has 0 fully saturated rings. The number of hydrogen-bond acceptors (Lipinski definition) is 6. The summed E-state index contributed by atoms with van der Waals surface area (Å²) in [5.41, 5.74) is 2.88. The number of hydrogen-bond donors (Lipinski definition) is 0. The minimum Gasteiger partial charge on any atom is -0.342 e. The first-order chi connectivity index (χ1) is 14.0. The van der Waals surface area contributed by atoms with E-state index in [1.54, 1.807) is 36.5 Å². The summed E-state index contributed by atoms with van der Waals surface area (Å²) < 4.78 is 13.8. The number of amides is 1. The summed E-state index contributed by atoms with van der Waals surface area (Å²) >= 11 is 1.54. The SMILES string of the molecule is CCN(C)C(=O)c1cc(-c2cnc(-c3csc(C)n3)nc2)nc2ccc(F)cc12.